The zero-order chi connectivity index (χ0) is 15.5. The molecular formula is C16H23N3OS. The number of amides is 1. The van der Waals surface area contributed by atoms with Crippen molar-refractivity contribution in [3.8, 4) is 0 Å². The van der Waals surface area contributed by atoms with E-state index >= 15 is 0 Å². The first kappa shape index (κ1) is 15.9. The first-order valence-corrected chi connectivity index (χ1v) is 7.93. The van der Waals surface area contributed by atoms with Crippen molar-refractivity contribution in [3.05, 3.63) is 29.6 Å². The lowest BCUT2D eigenvalue weighted by atomic mass is 9.75. The molecule has 1 aliphatic rings. The second-order valence-electron chi connectivity index (χ2n) is 5.92. The molecule has 0 atom stereocenters. The molecule has 2 rings (SSSR count). The highest BCUT2D eigenvalue weighted by Gasteiger charge is 2.39. The number of aryl methyl sites for hydroxylation is 1. The standard InChI is InChI=1S/C16H23N3OS/c1-3-12-6-8-16(9-7-12,15(17)21)19-14(20)13-11(2)5-4-10-18-13/h4-5,10,12H,3,6-9H2,1-2H3,(H2,17,21)(H,19,20). The lowest BCUT2D eigenvalue weighted by Gasteiger charge is -2.40. The smallest absolute Gasteiger partial charge is 0.270 e. The molecular weight excluding hydrogens is 282 g/mol. The molecule has 5 heteroatoms. The summed E-state index contributed by atoms with van der Waals surface area (Å²) in [6.07, 6.45) is 6.53. The summed E-state index contributed by atoms with van der Waals surface area (Å²) in [5.41, 5.74) is 6.70. The Bertz CT molecular complexity index is 536. The number of carbonyl (C=O) groups excluding carboxylic acids is 1. The van der Waals surface area contributed by atoms with Gasteiger partial charge in [-0.15, -0.1) is 0 Å². The van der Waals surface area contributed by atoms with E-state index in [-0.39, 0.29) is 5.91 Å². The Balaban J connectivity index is 2.16. The first-order chi connectivity index (χ1) is 9.98. The van der Waals surface area contributed by atoms with E-state index < -0.39 is 5.54 Å². The number of nitrogens with zero attached hydrogens (tertiary/aromatic N) is 1. The third-order valence-corrected chi connectivity index (χ3v) is 4.98. The Kier molecular flexibility index (Phi) is 4.93. The van der Waals surface area contributed by atoms with Crippen molar-refractivity contribution in [2.45, 2.75) is 51.5 Å². The minimum Gasteiger partial charge on any atom is -0.391 e. The van der Waals surface area contributed by atoms with Crippen molar-refractivity contribution < 1.29 is 4.79 Å². The van der Waals surface area contributed by atoms with Crippen LogP contribution >= 0.6 is 12.2 Å². The van der Waals surface area contributed by atoms with Gasteiger partial charge in [0, 0.05) is 6.20 Å². The minimum atomic E-state index is -0.554. The molecule has 114 valence electrons. The first-order valence-electron chi connectivity index (χ1n) is 7.52. The van der Waals surface area contributed by atoms with Crippen LogP contribution in [0.25, 0.3) is 0 Å². The van der Waals surface area contributed by atoms with Gasteiger partial charge in [-0.2, -0.15) is 0 Å². The Labute approximate surface area is 131 Å². The van der Waals surface area contributed by atoms with Gasteiger partial charge in [-0.05, 0) is 50.2 Å². The number of carbonyl (C=O) groups is 1. The average Bonchev–Trinajstić information content (AvgIpc) is 2.48. The largest absolute Gasteiger partial charge is 0.391 e. The van der Waals surface area contributed by atoms with Gasteiger partial charge in [-0.1, -0.05) is 31.6 Å². The van der Waals surface area contributed by atoms with Crippen LogP contribution in [-0.4, -0.2) is 21.4 Å². The van der Waals surface area contributed by atoms with Gasteiger partial charge in [-0.3, -0.25) is 9.78 Å². The molecule has 0 saturated heterocycles. The number of rotatable bonds is 4. The number of aromatic nitrogens is 1. The van der Waals surface area contributed by atoms with E-state index in [0.29, 0.717) is 16.6 Å². The molecule has 1 aromatic heterocycles. The summed E-state index contributed by atoms with van der Waals surface area (Å²) in [6.45, 7) is 4.08. The predicted octanol–water partition coefficient (Wildman–Crippen LogP) is 2.74. The molecule has 0 aromatic carbocycles. The van der Waals surface area contributed by atoms with Crippen LogP contribution < -0.4 is 11.1 Å². The highest BCUT2D eigenvalue weighted by molar-refractivity contribution is 7.80. The number of nitrogens with one attached hydrogen (secondary N) is 1. The Morgan fingerprint density at radius 1 is 1.52 bits per heavy atom. The van der Waals surface area contributed by atoms with Crippen LogP contribution in [0.5, 0.6) is 0 Å². The van der Waals surface area contributed by atoms with Crippen LogP contribution in [0, 0.1) is 12.8 Å². The maximum atomic E-state index is 12.5. The summed E-state index contributed by atoms with van der Waals surface area (Å²) in [7, 11) is 0. The highest BCUT2D eigenvalue weighted by Crippen LogP contribution is 2.34. The molecule has 0 unspecified atom stereocenters. The Morgan fingerprint density at radius 3 is 2.71 bits per heavy atom. The number of nitrogens with two attached hydrogens (primary N) is 1. The van der Waals surface area contributed by atoms with E-state index in [2.05, 4.69) is 17.2 Å². The quantitative estimate of drug-likeness (QED) is 0.839. The van der Waals surface area contributed by atoms with Crippen LogP contribution in [0.2, 0.25) is 0 Å². The fourth-order valence-electron chi connectivity index (χ4n) is 3.01. The fourth-order valence-corrected chi connectivity index (χ4v) is 3.27. The molecule has 1 aliphatic carbocycles. The normalized spacial score (nSPS) is 25.3. The van der Waals surface area contributed by atoms with Gasteiger partial charge in [0.25, 0.3) is 5.91 Å². The van der Waals surface area contributed by atoms with Crippen molar-refractivity contribution in [2.24, 2.45) is 11.7 Å². The van der Waals surface area contributed by atoms with Gasteiger partial charge < -0.3 is 11.1 Å². The summed E-state index contributed by atoms with van der Waals surface area (Å²) in [5, 5.41) is 3.07. The lowest BCUT2D eigenvalue weighted by Crippen LogP contribution is -2.58. The van der Waals surface area contributed by atoms with Crippen molar-refractivity contribution in [1.29, 1.82) is 0 Å². The van der Waals surface area contributed by atoms with Gasteiger partial charge in [0.1, 0.15) is 5.69 Å². The number of pyridine rings is 1. The van der Waals surface area contributed by atoms with E-state index in [4.69, 9.17) is 18.0 Å². The molecule has 0 spiro atoms. The topological polar surface area (TPSA) is 68.0 Å². The van der Waals surface area contributed by atoms with Crippen molar-refractivity contribution in [3.63, 3.8) is 0 Å². The second kappa shape index (κ2) is 6.52. The van der Waals surface area contributed by atoms with E-state index in [9.17, 15) is 4.79 Å². The predicted molar refractivity (Wildman–Crippen MR) is 88.2 cm³/mol. The molecule has 1 fully saturated rings. The third-order valence-electron chi connectivity index (χ3n) is 4.59. The molecule has 0 bridgehead atoms. The number of hydrogen-bond acceptors (Lipinski definition) is 3. The zero-order valence-electron chi connectivity index (χ0n) is 12.7. The van der Waals surface area contributed by atoms with E-state index in [1.165, 1.54) is 6.42 Å². The Morgan fingerprint density at radius 2 is 2.19 bits per heavy atom. The third kappa shape index (κ3) is 3.40. The zero-order valence-corrected chi connectivity index (χ0v) is 13.5. The molecule has 0 aliphatic heterocycles. The SMILES string of the molecule is CCC1CCC(NC(=O)c2ncccc2C)(C(N)=S)CC1. The van der Waals surface area contributed by atoms with Crippen LogP contribution in [-0.2, 0) is 0 Å². The lowest BCUT2D eigenvalue weighted by molar-refractivity contribution is 0.0892. The molecule has 3 N–H and O–H groups in total. The van der Waals surface area contributed by atoms with Gasteiger partial charge in [-0.25, -0.2) is 0 Å². The van der Waals surface area contributed by atoms with Gasteiger partial charge in [0.15, 0.2) is 0 Å². The van der Waals surface area contributed by atoms with Crippen molar-refractivity contribution in [2.75, 3.05) is 0 Å². The maximum absolute atomic E-state index is 12.5. The van der Waals surface area contributed by atoms with Gasteiger partial charge in [0.05, 0.1) is 10.5 Å². The highest BCUT2D eigenvalue weighted by atomic mass is 32.1. The summed E-state index contributed by atoms with van der Waals surface area (Å²) < 4.78 is 0. The molecule has 1 heterocycles. The Hall–Kier alpha value is -1.49. The van der Waals surface area contributed by atoms with Crippen LogP contribution in [0.1, 0.15) is 55.1 Å². The van der Waals surface area contributed by atoms with Crippen molar-refractivity contribution >= 4 is 23.1 Å². The van der Waals surface area contributed by atoms with Crippen LogP contribution in [0.15, 0.2) is 18.3 Å². The molecule has 4 nitrogen and oxygen atoms in total. The maximum Gasteiger partial charge on any atom is 0.270 e. The molecule has 0 radical (unpaired) electrons. The molecule has 1 saturated carbocycles. The summed E-state index contributed by atoms with van der Waals surface area (Å²) in [5.74, 6) is 0.525. The van der Waals surface area contributed by atoms with E-state index in [1.54, 1.807) is 6.20 Å². The average molecular weight is 305 g/mol. The monoisotopic (exact) mass is 305 g/mol. The molecule has 1 amide bonds. The minimum absolute atomic E-state index is 0.184. The van der Waals surface area contributed by atoms with E-state index in [1.807, 2.05) is 19.1 Å². The fraction of sp³-hybridized carbons (Fsp3) is 0.562. The van der Waals surface area contributed by atoms with E-state index in [0.717, 1.165) is 31.2 Å². The van der Waals surface area contributed by atoms with Gasteiger partial charge in [0.2, 0.25) is 0 Å². The summed E-state index contributed by atoms with van der Waals surface area (Å²) >= 11 is 5.25. The van der Waals surface area contributed by atoms with Gasteiger partial charge >= 0.3 is 0 Å². The van der Waals surface area contributed by atoms with Crippen molar-refractivity contribution in [1.82, 2.24) is 10.3 Å². The summed E-state index contributed by atoms with van der Waals surface area (Å²) in [6, 6.07) is 3.70. The van der Waals surface area contributed by atoms with Crippen LogP contribution in [0.3, 0.4) is 0 Å². The second-order valence-corrected chi connectivity index (χ2v) is 6.36. The number of thiocarbonyl (C=S) groups is 1. The number of hydrogen-bond donors (Lipinski definition) is 2. The van der Waals surface area contributed by atoms with Crippen LogP contribution in [0.4, 0.5) is 0 Å². The molecule has 21 heavy (non-hydrogen) atoms. The molecule has 1 aromatic rings. The summed E-state index contributed by atoms with van der Waals surface area (Å²) in [4.78, 5) is 17.1.